The van der Waals surface area contributed by atoms with Gasteiger partial charge in [-0.05, 0) is 56.2 Å². The first-order chi connectivity index (χ1) is 15.0. The number of benzene rings is 2. The summed E-state index contributed by atoms with van der Waals surface area (Å²) in [7, 11) is 0. The molecule has 2 aromatic heterocycles. The lowest BCUT2D eigenvalue weighted by molar-refractivity contribution is 0.102. The first-order valence-electron chi connectivity index (χ1n) is 9.98. The molecule has 0 aliphatic heterocycles. The third-order valence-electron chi connectivity index (χ3n) is 5.09. The normalized spacial score (nSPS) is 11.7. The summed E-state index contributed by atoms with van der Waals surface area (Å²) in [4.78, 5) is 22.2. The van der Waals surface area contributed by atoms with Gasteiger partial charge in [-0.25, -0.2) is 4.99 Å². The van der Waals surface area contributed by atoms with Crippen molar-refractivity contribution < 1.29 is 14.3 Å². The molecule has 2 N–H and O–H groups in total. The second-order valence-electron chi connectivity index (χ2n) is 7.45. The van der Waals surface area contributed by atoms with E-state index in [0.717, 1.165) is 11.1 Å². The van der Waals surface area contributed by atoms with Gasteiger partial charge in [-0.15, -0.1) is 0 Å². The van der Waals surface area contributed by atoms with Gasteiger partial charge in [0.25, 0.3) is 5.91 Å². The largest absolute Gasteiger partial charge is 0.436 e. The van der Waals surface area contributed by atoms with Crippen LogP contribution in [0.15, 0.2) is 70.2 Å². The number of hydrogen-bond acceptors (Lipinski definition) is 5. The van der Waals surface area contributed by atoms with Crippen molar-refractivity contribution in [3.63, 3.8) is 0 Å². The van der Waals surface area contributed by atoms with E-state index < -0.39 is 0 Å². The van der Waals surface area contributed by atoms with Gasteiger partial charge in [-0.1, -0.05) is 30.3 Å². The molecule has 2 aromatic carbocycles. The van der Waals surface area contributed by atoms with Crippen LogP contribution in [0.1, 0.15) is 32.7 Å². The Kier molecular flexibility index (Phi) is 5.64. The molecule has 0 radical (unpaired) electrons. The number of anilines is 1. The van der Waals surface area contributed by atoms with E-state index in [1.165, 1.54) is 0 Å². The van der Waals surface area contributed by atoms with Gasteiger partial charge in [0.15, 0.2) is 5.58 Å². The van der Waals surface area contributed by atoms with Gasteiger partial charge >= 0.3 is 0 Å². The summed E-state index contributed by atoms with van der Waals surface area (Å²) >= 11 is 0. The number of para-hydroxylation sites is 1. The van der Waals surface area contributed by atoms with Crippen molar-refractivity contribution in [3.05, 3.63) is 94.3 Å². The Labute approximate surface area is 179 Å². The van der Waals surface area contributed by atoms with Crippen molar-refractivity contribution in [1.29, 1.82) is 0 Å². The molecule has 0 atom stereocenters. The van der Waals surface area contributed by atoms with Crippen LogP contribution < -0.4 is 10.9 Å². The molecule has 6 nitrogen and oxygen atoms in total. The lowest BCUT2D eigenvalue weighted by Gasteiger charge is -2.11. The van der Waals surface area contributed by atoms with Gasteiger partial charge in [0.2, 0.25) is 5.55 Å². The Morgan fingerprint density at radius 3 is 2.65 bits per heavy atom. The Hall–Kier alpha value is -3.77. The first kappa shape index (κ1) is 20.5. The average Bonchev–Trinajstić information content (AvgIpc) is 2.75. The number of nitrogens with zero attached hydrogens (tertiary/aromatic N) is 2. The SMILES string of the molecule is Cc1cccc(N=c2oc3c(C)ncc(CO)c3cc2C(=O)Nc2ccccc2C)c1. The highest BCUT2D eigenvalue weighted by Gasteiger charge is 2.17. The van der Waals surface area contributed by atoms with E-state index in [0.29, 0.717) is 33.6 Å². The molecule has 4 rings (SSSR count). The minimum atomic E-state index is -0.343. The van der Waals surface area contributed by atoms with Crippen LogP contribution in [0.25, 0.3) is 11.0 Å². The number of aromatic nitrogens is 1. The van der Waals surface area contributed by atoms with Crippen molar-refractivity contribution in [1.82, 2.24) is 4.98 Å². The second kappa shape index (κ2) is 8.53. The summed E-state index contributed by atoms with van der Waals surface area (Å²) in [5, 5.41) is 13.3. The highest BCUT2D eigenvalue weighted by Crippen LogP contribution is 2.22. The maximum atomic E-state index is 13.3. The molecule has 0 bridgehead atoms. The van der Waals surface area contributed by atoms with Crippen molar-refractivity contribution in [2.75, 3.05) is 5.32 Å². The Balaban J connectivity index is 1.94. The summed E-state index contributed by atoms with van der Waals surface area (Å²) in [6.07, 6.45) is 1.59. The molecule has 0 saturated heterocycles. The molecule has 0 aliphatic rings. The molecule has 2 heterocycles. The van der Waals surface area contributed by atoms with E-state index in [4.69, 9.17) is 4.42 Å². The average molecular weight is 413 g/mol. The number of nitrogens with one attached hydrogen (secondary N) is 1. The van der Waals surface area contributed by atoms with E-state index in [2.05, 4.69) is 15.3 Å². The fourth-order valence-electron chi connectivity index (χ4n) is 3.38. The number of aryl methyl sites for hydroxylation is 3. The van der Waals surface area contributed by atoms with Crippen LogP contribution in [0, 0.1) is 20.8 Å². The number of aliphatic hydroxyl groups is 1. The van der Waals surface area contributed by atoms with Crippen LogP contribution in [0.3, 0.4) is 0 Å². The van der Waals surface area contributed by atoms with Crippen LogP contribution in [-0.2, 0) is 6.61 Å². The van der Waals surface area contributed by atoms with Gasteiger partial charge in [-0.3, -0.25) is 9.78 Å². The van der Waals surface area contributed by atoms with Crippen LogP contribution in [0.4, 0.5) is 11.4 Å². The number of aliphatic hydroxyl groups excluding tert-OH is 1. The highest BCUT2D eigenvalue weighted by atomic mass is 16.3. The maximum absolute atomic E-state index is 13.3. The van der Waals surface area contributed by atoms with E-state index in [9.17, 15) is 9.90 Å². The molecule has 31 heavy (non-hydrogen) atoms. The Morgan fingerprint density at radius 2 is 1.90 bits per heavy atom. The van der Waals surface area contributed by atoms with Gasteiger partial charge in [-0.2, -0.15) is 0 Å². The Bertz CT molecular complexity index is 1360. The third-order valence-corrected chi connectivity index (χ3v) is 5.09. The van der Waals surface area contributed by atoms with Crippen LogP contribution >= 0.6 is 0 Å². The minimum absolute atomic E-state index is 0.184. The monoisotopic (exact) mass is 413 g/mol. The van der Waals surface area contributed by atoms with Gasteiger partial charge in [0.05, 0.1) is 18.0 Å². The molecular weight excluding hydrogens is 390 g/mol. The lowest BCUT2D eigenvalue weighted by atomic mass is 10.1. The number of fused-ring (bicyclic) bond motifs is 1. The standard InChI is InChI=1S/C25H23N3O3/c1-15-7-6-9-19(11-15)27-25-21(24(30)28-22-10-5-4-8-16(22)2)12-20-18(14-29)13-26-17(3)23(20)31-25/h4-13,29H,14H2,1-3H3,(H,28,30). The molecular formula is C25H23N3O3. The number of amides is 1. The highest BCUT2D eigenvalue weighted by molar-refractivity contribution is 6.06. The van der Waals surface area contributed by atoms with Crippen molar-refractivity contribution >= 4 is 28.3 Å². The molecule has 0 aliphatic carbocycles. The minimum Gasteiger partial charge on any atom is -0.436 e. The fourth-order valence-corrected chi connectivity index (χ4v) is 3.38. The fraction of sp³-hybridized carbons (Fsp3) is 0.160. The predicted octanol–water partition coefficient (Wildman–Crippen LogP) is 4.73. The zero-order valence-corrected chi connectivity index (χ0v) is 17.6. The van der Waals surface area contributed by atoms with E-state index in [1.807, 2.05) is 69.3 Å². The number of rotatable bonds is 4. The molecule has 0 spiro atoms. The van der Waals surface area contributed by atoms with Crippen molar-refractivity contribution in [2.24, 2.45) is 4.99 Å². The van der Waals surface area contributed by atoms with Crippen molar-refractivity contribution in [3.8, 4) is 0 Å². The van der Waals surface area contributed by atoms with Crippen LogP contribution in [0.5, 0.6) is 0 Å². The van der Waals surface area contributed by atoms with Crippen LogP contribution in [-0.4, -0.2) is 16.0 Å². The summed E-state index contributed by atoms with van der Waals surface area (Å²) in [6.45, 7) is 5.50. The third kappa shape index (κ3) is 4.25. The van der Waals surface area contributed by atoms with Gasteiger partial charge in [0, 0.05) is 22.8 Å². The Morgan fingerprint density at radius 1 is 1.10 bits per heavy atom. The molecule has 0 saturated carbocycles. The van der Waals surface area contributed by atoms with E-state index >= 15 is 0 Å². The topological polar surface area (TPSA) is 87.7 Å². The number of pyridine rings is 1. The summed E-state index contributed by atoms with van der Waals surface area (Å²) < 4.78 is 6.10. The summed E-state index contributed by atoms with van der Waals surface area (Å²) in [5.41, 5.74) is 5.57. The zero-order chi connectivity index (χ0) is 22.0. The molecule has 4 aromatic rings. The summed E-state index contributed by atoms with van der Waals surface area (Å²) in [6, 6.07) is 16.9. The molecule has 0 unspecified atom stereocenters. The smallest absolute Gasteiger partial charge is 0.261 e. The molecule has 156 valence electrons. The summed E-state index contributed by atoms with van der Waals surface area (Å²) in [5.74, 6) is -0.343. The van der Waals surface area contributed by atoms with Gasteiger partial charge in [0.1, 0.15) is 5.56 Å². The number of carbonyl (C=O) groups is 1. The first-order valence-corrected chi connectivity index (χ1v) is 9.98. The quantitative estimate of drug-likeness (QED) is 0.506. The number of carbonyl (C=O) groups excluding carboxylic acids is 1. The predicted molar refractivity (Wildman–Crippen MR) is 120 cm³/mol. The molecule has 1 amide bonds. The molecule has 6 heteroatoms. The lowest BCUT2D eigenvalue weighted by Crippen LogP contribution is -2.22. The van der Waals surface area contributed by atoms with Crippen LogP contribution in [0.2, 0.25) is 0 Å². The molecule has 0 fully saturated rings. The van der Waals surface area contributed by atoms with Crippen molar-refractivity contribution in [2.45, 2.75) is 27.4 Å². The van der Waals surface area contributed by atoms with E-state index in [1.54, 1.807) is 12.3 Å². The van der Waals surface area contributed by atoms with E-state index in [-0.39, 0.29) is 23.6 Å². The number of hydrogen-bond donors (Lipinski definition) is 2. The second-order valence-corrected chi connectivity index (χ2v) is 7.45. The van der Waals surface area contributed by atoms with Gasteiger partial charge < -0.3 is 14.8 Å². The maximum Gasteiger partial charge on any atom is 0.261 e. The zero-order valence-electron chi connectivity index (χ0n) is 17.6.